The Balaban J connectivity index is 1.61. The van der Waals surface area contributed by atoms with Gasteiger partial charge in [-0.25, -0.2) is 0 Å². The first-order chi connectivity index (χ1) is 19.0. The van der Waals surface area contributed by atoms with E-state index in [1.165, 1.54) is 6.07 Å². The number of nitro benzene ring substituents is 1. The van der Waals surface area contributed by atoms with Crippen molar-refractivity contribution in [2.75, 3.05) is 19.2 Å². The molecule has 0 bridgehead atoms. The molecule has 4 aromatic carbocycles. The normalized spacial score (nSPS) is 12.7. The smallest absolute Gasteiger partial charge is 0.278 e. The Hall–Kier alpha value is -4.89. The number of hydrogen-bond donors (Lipinski definition) is 1. The van der Waals surface area contributed by atoms with Crippen LogP contribution in [0.3, 0.4) is 0 Å². The van der Waals surface area contributed by atoms with Gasteiger partial charge >= 0.3 is 0 Å². The van der Waals surface area contributed by atoms with Crippen LogP contribution in [0.4, 0.5) is 11.4 Å². The maximum Gasteiger partial charge on any atom is 0.278 e. The third-order valence-corrected chi connectivity index (χ3v) is 6.44. The number of carbonyl (C=O) groups excluding carboxylic acids is 1. The SMILES string of the molecule is COc1ccc(NC(=O)C(c2cc3c(cc2[N+](=O)[O-])OCO3)N(Cc2ccccc2)Cc2ccccc2)cc1. The van der Waals surface area contributed by atoms with Crippen LogP contribution < -0.4 is 19.5 Å². The maximum atomic E-state index is 14.1. The lowest BCUT2D eigenvalue weighted by Crippen LogP contribution is -2.37. The van der Waals surface area contributed by atoms with Crippen molar-refractivity contribution in [2.24, 2.45) is 0 Å². The van der Waals surface area contributed by atoms with E-state index in [1.807, 2.05) is 65.6 Å². The van der Waals surface area contributed by atoms with Gasteiger partial charge in [-0.05, 0) is 41.5 Å². The van der Waals surface area contributed by atoms with Crippen LogP contribution in [0.1, 0.15) is 22.7 Å². The summed E-state index contributed by atoms with van der Waals surface area (Å²) >= 11 is 0. The molecule has 1 aliphatic heterocycles. The molecule has 1 heterocycles. The molecule has 9 heteroatoms. The minimum absolute atomic E-state index is 0.0452. The van der Waals surface area contributed by atoms with Crippen molar-refractivity contribution in [1.29, 1.82) is 0 Å². The Morgan fingerprint density at radius 3 is 2.03 bits per heavy atom. The number of methoxy groups -OCH3 is 1. The van der Waals surface area contributed by atoms with Gasteiger partial charge in [0.2, 0.25) is 12.7 Å². The molecule has 0 radical (unpaired) electrons. The molecule has 1 atom stereocenters. The second-order valence-corrected chi connectivity index (χ2v) is 9.02. The molecule has 9 nitrogen and oxygen atoms in total. The Morgan fingerprint density at radius 2 is 1.49 bits per heavy atom. The summed E-state index contributed by atoms with van der Waals surface area (Å²) in [5.74, 6) is 0.856. The maximum absolute atomic E-state index is 14.1. The highest BCUT2D eigenvalue weighted by molar-refractivity contribution is 5.96. The Bertz CT molecular complexity index is 1400. The zero-order valence-corrected chi connectivity index (χ0v) is 21.3. The van der Waals surface area contributed by atoms with Gasteiger partial charge in [-0.15, -0.1) is 0 Å². The number of fused-ring (bicyclic) bond motifs is 1. The number of nitrogens with zero attached hydrogens (tertiary/aromatic N) is 2. The van der Waals surface area contributed by atoms with Crippen LogP contribution >= 0.6 is 0 Å². The number of nitrogens with one attached hydrogen (secondary N) is 1. The van der Waals surface area contributed by atoms with Gasteiger partial charge in [-0.2, -0.15) is 0 Å². The monoisotopic (exact) mass is 525 g/mol. The highest BCUT2D eigenvalue weighted by Crippen LogP contribution is 2.42. The third kappa shape index (κ3) is 6.00. The molecule has 198 valence electrons. The lowest BCUT2D eigenvalue weighted by molar-refractivity contribution is -0.386. The number of ether oxygens (including phenoxy) is 3. The number of anilines is 1. The summed E-state index contributed by atoms with van der Waals surface area (Å²) in [4.78, 5) is 27.8. The molecule has 1 N–H and O–H groups in total. The first-order valence-corrected chi connectivity index (χ1v) is 12.4. The van der Waals surface area contributed by atoms with Crippen molar-refractivity contribution in [2.45, 2.75) is 19.1 Å². The predicted molar refractivity (Wildman–Crippen MR) is 146 cm³/mol. The summed E-state index contributed by atoms with van der Waals surface area (Å²) in [7, 11) is 1.56. The topological polar surface area (TPSA) is 103 Å². The minimum atomic E-state index is -1.04. The summed E-state index contributed by atoms with van der Waals surface area (Å²) < 4.78 is 16.2. The van der Waals surface area contributed by atoms with E-state index in [0.717, 1.165) is 11.1 Å². The molecule has 1 aliphatic rings. The molecule has 4 aromatic rings. The van der Waals surface area contributed by atoms with E-state index >= 15 is 0 Å². The van der Waals surface area contributed by atoms with Crippen molar-refractivity contribution in [3.63, 3.8) is 0 Å². The van der Waals surface area contributed by atoms with Crippen molar-refractivity contribution in [3.8, 4) is 17.2 Å². The van der Waals surface area contributed by atoms with Crippen molar-refractivity contribution >= 4 is 17.3 Å². The highest BCUT2D eigenvalue weighted by Gasteiger charge is 2.36. The fourth-order valence-corrected chi connectivity index (χ4v) is 4.59. The van der Waals surface area contributed by atoms with Crippen LogP contribution in [0.5, 0.6) is 17.2 Å². The summed E-state index contributed by atoms with van der Waals surface area (Å²) in [5.41, 5.74) is 2.44. The average molecular weight is 526 g/mol. The van der Waals surface area contributed by atoms with Gasteiger partial charge in [0.1, 0.15) is 11.8 Å². The zero-order valence-electron chi connectivity index (χ0n) is 21.3. The van der Waals surface area contributed by atoms with Crippen molar-refractivity contribution < 1.29 is 23.9 Å². The molecule has 0 spiro atoms. The van der Waals surface area contributed by atoms with Crippen LogP contribution in [0.15, 0.2) is 97.1 Å². The largest absolute Gasteiger partial charge is 0.497 e. The predicted octanol–water partition coefficient (Wildman–Crippen LogP) is 5.71. The minimum Gasteiger partial charge on any atom is -0.497 e. The molecule has 0 aromatic heterocycles. The molecule has 39 heavy (non-hydrogen) atoms. The second-order valence-electron chi connectivity index (χ2n) is 9.02. The highest BCUT2D eigenvalue weighted by atomic mass is 16.7. The molecule has 0 aliphatic carbocycles. The van der Waals surface area contributed by atoms with E-state index in [2.05, 4.69) is 5.32 Å². The van der Waals surface area contributed by atoms with Crippen LogP contribution in [-0.2, 0) is 17.9 Å². The summed E-state index contributed by atoms with van der Waals surface area (Å²) in [5, 5.41) is 15.2. The van der Waals surface area contributed by atoms with E-state index < -0.39 is 16.9 Å². The van der Waals surface area contributed by atoms with E-state index in [9.17, 15) is 14.9 Å². The fourth-order valence-electron chi connectivity index (χ4n) is 4.59. The molecule has 5 rings (SSSR count). The Labute approximate surface area is 225 Å². The molecule has 0 saturated carbocycles. The van der Waals surface area contributed by atoms with Crippen LogP contribution in [0, 0.1) is 10.1 Å². The van der Waals surface area contributed by atoms with Gasteiger partial charge in [-0.3, -0.25) is 19.8 Å². The lowest BCUT2D eigenvalue weighted by Gasteiger charge is -2.31. The molecule has 1 unspecified atom stereocenters. The Kier molecular flexibility index (Phi) is 7.70. The second kappa shape index (κ2) is 11.7. The van der Waals surface area contributed by atoms with Crippen molar-refractivity contribution in [1.82, 2.24) is 4.90 Å². The van der Waals surface area contributed by atoms with E-state index in [0.29, 0.717) is 30.3 Å². The average Bonchev–Trinajstić information content (AvgIpc) is 3.42. The Morgan fingerprint density at radius 1 is 0.923 bits per heavy atom. The number of hydrogen-bond acceptors (Lipinski definition) is 7. The molecule has 0 saturated heterocycles. The first-order valence-electron chi connectivity index (χ1n) is 12.4. The van der Waals surface area contributed by atoms with Gasteiger partial charge in [0.15, 0.2) is 11.5 Å². The summed E-state index contributed by atoms with van der Waals surface area (Å²) in [6, 6.07) is 28.1. The van der Waals surface area contributed by atoms with E-state index in [4.69, 9.17) is 14.2 Å². The summed E-state index contributed by atoms with van der Waals surface area (Å²) in [6.45, 7) is 0.681. The quantitative estimate of drug-likeness (QED) is 0.209. The number of benzene rings is 4. The fraction of sp³-hybridized carbons (Fsp3) is 0.167. The van der Waals surface area contributed by atoms with Gasteiger partial charge in [0.05, 0.1) is 23.7 Å². The van der Waals surface area contributed by atoms with Crippen molar-refractivity contribution in [3.05, 3.63) is 124 Å². The third-order valence-electron chi connectivity index (χ3n) is 6.44. The van der Waals surface area contributed by atoms with Gasteiger partial charge < -0.3 is 19.5 Å². The number of rotatable bonds is 10. The number of amides is 1. The lowest BCUT2D eigenvalue weighted by atomic mass is 9.99. The van der Waals surface area contributed by atoms with E-state index in [1.54, 1.807) is 37.4 Å². The molecule has 1 amide bonds. The number of nitro groups is 1. The van der Waals surface area contributed by atoms with Crippen LogP contribution in [-0.4, -0.2) is 29.6 Å². The van der Waals surface area contributed by atoms with Gasteiger partial charge in [0.25, 0.3) is 5.69 Å². The number of carbonyl (C=O) groups is 1. The zero-order chi connectivity index (χ0) is 27.2. The van der Waals surface area contributed by atoms with E-state index in [-0.39, 0.29) is 23.8 Å². The molecular weight excluding hydrogens is 498 g/mol. The first kappa shape index (κ1) is 25.7. The summed E-state index contributed by atoms with van der Waals surface area (Å²) in [6.07, 6.45) is 0. The van der Waals surface area contributed by atoms with Gasteiger partial charge in [-0.1, -0.05) is 60.7 Å². The standard InChI is InChI=1S/C30H27N3O6/c1-37-24-14-12-23(13-15-24)31-30(34)29(25-16-27-28(39-20-38-27)17-26(25)33(35)36)32(18-21-8-4-2-5-9-21)19-22-10-6-3-7-11-22/h2-17,29H,18-20H2,1H3,(H,31,34). The van der Waals surface area contributed by atoms with Gasteiger partial charge in [0, 0.05) is 18.8 Å². The van der Waals surface area contributed by atoms with Crippen LogP contribution in [0.25, 0.3) is 0 Å². The van der Waals surface area contributed by atoms with Crippen LogP contribution in [0.2, 0.25) is 0 Å². The molecular formula is C30H27N3O6. The molecule has 0 fully saturated rings.